The predicted molar refractivity (Wildman–Crippen MR) is 104 cm³/mol. The molecule has 1 aromatic carbocycles. The molecule has 2 N–H and O–H groups in total. The van der Waals surface area contributed by atoms with Crippen LogP contribution in [0.5, 0.6) is 0 Å². The lowest BCUT2D eigenvalue weighted by atomic mass is 9.94. The van der Waals surface area contributed by atoms with Crippen molar-refractivity contribution in [3.05, 3.63) is 34.9 Å². The second-order valence-electron chi connectivity index (χ2n) is 7.22. The van der Waals surface area contributed by atoms with Crippen molar-refractivity contribution in [3.8, 4) is 0 Å². The van der Waals surface area contributed by atoms with E-state index in [1.807, 2.05) is 0 Å². The van der Waals surface area contributed by atoms with Crippen LogP contribution in [-0.4, -0.2) is 0 Å². The molecule has 0 spiro atoms. The van der Waals surface area contributed by atoms with Crippen LogP contribution in [-0.2, 0) is 0 Å². The van der Waals surface area contributed by atoms with Crippen molar-refractivity contribution >= 4 is 0 Å². The number of nitrogens with two attached hydrogens (primary N) is 1. The standard InChI is InChI=1S/C22H39N/c1-4-5-6-7-8-9-10-11-12-13-14-18-22(23)21-17-15-16-19(2)20(21)3/h15-17,22H,4-14,18,23H2,1-3H3. The van der Waals surface area contributed by atoms with Gasteiger partial charge in [-0.1, -0.05) is 95.8 Å². The highest BCUT2D eigenvalue weighted by atomic mass is 14.6. The summed E-state index contributed by atoms with van der Waals surface area (Å²) < 4.78 is 0. The van der Waals surface area contributed by atoms with E-state index >= 15 is 0 Å². The SMILES string of the molecule is CCCCCCCCCCCCCC(N)c1cccc(C)c1C. The van der Waals surface area contributed by atoms with Gasteiger partial charge in [-0.3, -0.25) is 0 Å². The van der Waals surface area contributed by atoms with Crippen LogP contribution in [0.1, 0.15) is 107 Å². The first-order valence-electron chi connectivity index (χ1n) is 9.98. The molecule has 0 heterocycles. The zero-order valence-corrected chi connectivity index (χ0v) is 15.9. The molecule has 1 aromatic rings. The van der Waals surface area contributed by atoms with E-state index in [-0.39, 0.29) is 6.04 Å². The van der Waals surface area contributed by atoms with Crippen molar-refractivity contribution in [1.29, 1.82) is 0 Å². The van der Waals surface area contributed by atoms with Crippen LogP contribution < -0.4 is 5.73 Å². The summed E-state index contributed by atoms with van der Waals surface area (Å²) in [5, 5.41) is 0. The molecule has 1 heteroatoms. The molecule has 1 rings (SSSR count). The van der Waals surface area contributed by atoms with Crippen LogP contribution in [0.4, 0.5) is 0 Å². The van der Waals surface area contributed by atoms with E-state index < -0.39 is 0 Å². The monoisotopic (exact) mass is 317 g/mol. The Morgan fingerprint density at radius 3 is 1.87 bits per heavy atom. The quantitative estimate of drug-likeness (QED) is 0.389. The van der Waals surface area contributed by atoms with Crippen LogP contribution in [0.15, 0.2) is 18.2 Å². The van der Waals surface area contributed by atoms with E-state index in [0.29, 0.717) is 0 Å². The Hall–Kier alpha value is -0.820. The topological polar surface area (TPSA) is 26.0 Å². The van der Waals surface area contributed by atoms with E-state index in [4.69, 9.17) is 5.73 Å². The highest BCUT2D eigenvalue weighted by Gasteiger charge is 2.09. The van der Waals surface area contributed by atoms with E-state index in [1.54, 1.807) is 0 Å². The van der Waals surface area contributed by atoms with Gasteiger partial charge in [0, 0.05) is 6.04 Å². The van der Waals surface area contributed by atoms with Crippen LogP contribution >= 0.6 is 0 Å². The number of aryl methyl sites for hydroxylation is 1. The molecule has 0 aliphatic heterocycles. The maximum Gasteiger partial charge on any atom is 0.0297 e. The summed E-state index contributed by atoms with van der Waals surface area (Å²) in [7, 11) is 0. The summed E-state index contributed by atoms with van der Waals surface area (Å²) in [4.78, 5) is 0. The zero-order chi connectivity index (χ0) is 16.9. The molecule has 1 unspecified atom stereocenters. The fourth-order valence-corrected chi connectivity index (χ4v) is 3.36. The summed E-state index contributed by atoms with van der Waals surface area (Å²) in [6.07, 6.45) is 16.5. The van der Waals surface area contributed by atoms with Gasteiger partial charge in [-0.2, -0.15) is 0 Å². The molecular formula is C22H39N. The summed E-state index contributed by atoms with van der Waals surface area (Å²) >= 11 is 0. The molecule has 0 aliphatic rings. The van der Waals surface area contributed by atoms with Gasteiger partial charge in [0.15, 0.2) is 0 Å². The van der Waals surface area contributed by atoms with Crippen LogP contribution in [0.25, 0.3) is 0 Å². The average molecular weight is 318 g/mol. The second-order valence-corrected chi connectivity index (χ2v) is 7.22. The number of rotatable bonds is 13. The van der Waals surface area contributed by atoms with Crippen molar-refractivity contribution < 1.29 is 0 Å². The molecule has 0 aliphatic carbocycles. The molecule has 1 nitrogen and oxygen atoms in total. The van der Waals surface area contributed by atoms with E-state index in [1.165, 1.54) is 87.3 Å². The Kier molecular flexibility index (Phi) is 11.1. The van der Waals surface area contributed by atoms with E-state index in [2.05, 4.69) is 39.0 Å². The molecule has 0 saturated carbocycles. The molecule has 0 saturated heterocycles. The molecule has 23 heavy (non-hydrogen) atoms. The molecule has 0 amide bonds. The van der Waals surface area contributed by atoms with Gasteiger partial charge in [0.1, 0.15) is 0 Å². The molecule has 0 bridgehead atoms. The van der Waals surface area contributed by atoms with E-state index in [0.717, 1.165) is 6.42 Å². The number of hydrogen-bond donors (Lipinski definition) is 1. The Bertz CT molecular complexity index is 410. The normalized spacial score (nSPS) is 12.5. The third kappa shape index (κ3) is 8.55. The fraction of sp³-hybridized carbons (Fsp3) is 0.727. The summed E-state index contributed by atoms with van der Waals surface area (Å²) in [6, 6.07) is 6.73. The van der Waals surface area contributed by atoms with Crippen molar-refractivity contribution in [2.45, 2.75) is 104 Å². The van der Waals surface area contributed by atoms with Gasteiger partial charge >= 0.3 is 0 Å². The second kappa shape index (κ2) is 12.6. The Morgan fingerprint density at radius 2 is 1.30 bits per heavy atom. The molecule has 0 aromatic heterocycles. The minimum absolute atomic E-state index is 0.216. The molecule has 1 atom stereocenters. The highest BCUT2D eigenvalue weighted by Crippen LogP contribution is 2.23. The highest BCUT2D eigenvalue weighted by molar-refractivity contribution is 5.35. The number of hydrogen-bond acceptors (Lipinski definition) is 1. The third-order valence-electron chi connectivity index (χ3n) is 5.16. The van der Waals surface area contributed by atoms with Crippen LogP contribution in [0.3, 0.4) is 0 Å². The number of unbranched alkanes of at least 4 members (excludes halogenated alkanes) is 10. The predicted octanol–water partition coefficient (Wildman–Crippen LogP) is 7.00. The first-order valence-corrected chi connectivity index (χ1v) is 9.98. The van der Waals surface area contributed by atoms with Gasteiger partial charge in [-0.05, 0) is 37.0 Å². The minimum Gasteiger partial charge on any atom is -0.324 e. The largest absolute Gasteiger partial charge is 0.324 e. The lowest BCUT2D eigenvalue weighted by molar-refractivity contribution is 0.526. The van der Waals surface area contributed by atoms with Crippen molar-refractivity contribution in [1.82, 2.24) is 0 Å². The zero-order valence-electron chi connectivity index (χ0n) is 15.9. The van der Waals surface area contributed by atoms with Crippen molar-refractivity contribution in [2.75, 3.05) is 0 Å². The Balaban J connectivity index is 2.01. The minimum atomic E-state index is 0.216. The van der Waals surface area contributed by atoms with E-state index in [9.17, 15) is 0 Å². The first kappa shape index (κ1) is 20.2. The van der Waals surface area contributed by atoms with Gasteiger partial charge in [0.2, 0.25) is 0 Å². The van der Waals surface area contributed by atoms with Crippen molar-refractivity contribution in [3.63, 3.8) is 0 Å². The summed E-state index contributed by atoms with van der Waals surface area (Å²) in [6.45, 7) is 6.66. The average Bonchev–Trinajstić information content (AvgIpc) is 2.55. The van der Waals surface area contributed by atoms with Gasteiger partial charge in [0.25, 0.3) is 0 Å². The molecule has 0 fully saturated rings. The Labute approximate surface area is 145 Å². The van der Waals surface area contributed by atoms with Gasteiger partial charge in [0.05, 0.1) is 0 Å². The van der Waals surface area contributed by atoms with Gasteiger partial charge in [-0.15, -0.1) is 0 Å². The maximum absolute atomic E-state index is 6.39. The third-order valence-corrected chi connectivity index (χ3v) is 5.16. The van der Waals surface area contributed by atoms with Gasteiger partial charge in [-0.25, -0.2) is 0 Å². The molecular weight excluding hydrogens is 278 g/mol. The lowest BCUT2D eigenvalue weighted by Crippen LogP contribution is -2.12. The van der Waals surface area contributed by atoms with Crippen molar-refractivity contribution in [2.24, 2.45) is 5.73 Å². The first-order chi connectivity index (χ1) is 11.2. The smallest absolute Gasteiger partial charge is 0.0297 e. The molecule has 132 valence electrons. The van der Waals surface area contributed by atoms with Crippen LogP contribution in [0.2, 0.25) is 0 Å². The summed E-state index contributed by atoms with van der Waals surface area (Å²) in [5.41, 5.74) is 10.5. The van der Waals surface area contributed by atoms with Gasteiger partial charge < -0.3 is 5.73 Å². The molecule has 0 radical (unpaired) electrons. The fourth-order valence-electron chi connectivity index (χ4n) is 3.36. The summed E-state index contributed by atoms with van der Waals surface area (Å²) in [5.74, 6) is 0. The van der Waals surface area contributed by atoms with Crippen LogP contribution in [0, 0.1) is 13.8 Å². The maximum atomic E-state index is 6.39. The Morgan fingerprint density at radius 1 is 0.783 bits per heavy atom. The lowest BCUT2D eigenvalue weighted by Gasteiger charge is -2.16. The number of benzene rings is 1.